The Morgan fingerprint density at radius 3 is 2.89 bits per heavy atom. The Morgan fingerprint density at radius 1 is 1.53 bits per heavy atom. The Kier molecular flexibility index (Phi) is 4.79. The minimum absolute atomic E-state index is 0.121. The zero-order chi connectivity index (χ0) is 14.0. The van der Waals surface area contributed by atoms with Crippen LogP contribution >= 0.6 is 11.6 Å². The monoisotopic (exact) mass is 286 g/mol. The summed E-state index contributed by atoms with van der Waals surface area (Å²) in [5.74, 6) is -0.297. The molecule has 1 saturated heterocycles. The van der Waals surface area contributed by atoms with Crippen LogP contribution < -0.4 is 5.73 Å². The normalized spacial score (nSPS) is 26.4. The number of ether oxygens (including phenoxy) is 1. The van der Waals surface area contributed by atoms with Crippen LogP contribution in [0.5, 0.6) is 0 Å². The number of hydrogen-bond acceptors (Lipinski definition) is 3. The van der Waals surface area contributed by atoms with Gasteiger partial charge in [0.1, 0.15) is 5.82 Å². The third-order valence-corrected chi connectivity index (χ3v) is 3.94. The maximum absolute atomic E-state index is 14.1. The molecule has 1 aliphatic heterocycles. The third kappa shape index (κ3) is 3.08. The first-order valence-electron chi connectivity index (χ1n) is 6.56. The Balaban J connectivity index is 2.33. The smallest absolute Gasteiger partial charge is 0.129 e. The summed E-state index contributed by atoms with van der Waals surface area (Å²) in [6.07, 6.45) is 0.121. The maximum Gasteiger partial charge on any atom is 0.129 e. The van der Waals surface area contributed by atoms with Gasteiger partial charge in [-0.25, -0.2) is 4.39 Å². The fraction of sp³-hybridized carbons (Fsp3) is 0.571. The minimum Gasteiger partial charge on any atom is -0.376 e. The number of benzene rings is 1. The van der Waals surface area contributed by atoms with Gasteiger partial charge in [-0.2, -0.15) is 0 Å². The van der Waals surface area contributed by atoms with Gasteiger partial charge in [-0.05, 0) is 26.0 Å². The Morgan fingerprint density at radius 2 is 2.26 bits per heavy atom. The molecule has 5 heteroatoms. The van der Waals surface area contributed by atoms with Crippen molar-refractivity contribution in [2.75, 3.05) is 19.7 Å². The number of hydrogen-bond donors (Lipinski definition) is 1. The largest absolute Gasteiger partial charge is 0.376 e. The molecular formula is C14H20ClFN2O. The number of rotatable bonds is 3. The lowest BCUT2D eigenvalue weighted by molar-refractivity contribution is -0.0658. The molecule has 0 saturated carbocycles. The van der Waals surface area contributed by atoms with Crippen molar-refractivity contribution >= 4 is 11.6 Å². The van der Waals surface area contributed by atoms with E-state index in [1.54, 1.807) is 12.1 Å². The average molecular weight is 287 g/mol. The first kappa shape index (κ1) is 14.7. The molecule has 1 fully saturated rings. The van der Waals surface area contributed by atoms with Gasteiger partial charge in [0.2, 0.25) is 0 Å². The van der Waals surface area contributed by atoms with Crippen molar-refractivity contribution in [3.63, 3.8) is 0 Å². The lowest BCUT2D eigenvalue weighted by Crippen LogP contribution is -2.50. The standard InChI is InChI=1S/C14H20ClFN2O/c1-9-8-19-10(2)7-18(9)13(6-17)14-11(15)4-3-5-12(14)16/h3-5,9-10,13H,6-8,17H2,1-2H3. The van der Waals surface area contributed by atoms with Crippen molar-refractivity contribution in [3.05, 3.63) is 34.6 Å². The maximum atomic E-state index is 14.1. The average Bonchev–Trinajstić information content (AvgIpc) is 2.37. The molecule has 1 aliphatic rings. The van der Waals surface area contributed by atoms with E-state index in [2.05, 4.69) is 11.8 Å². The Labute approximate surface area is 118 Å². The summed E-state index contributed by atoms with van der Waals surface area (Å²) in [7, 11) is 0. The molecule has 0 bridgehead atoms. The lowest BCUT2D eigenvalue weighted by atomic mass is 10.0. The van der Waals surface area contributed by atoms with Crippen LogP contribution in [0, 0.1) is 5.82 Å². The fourth-order valence-corrected chi connectivity index (χ4v) is 2.90. The molecule has 2 N–H and O–H groups in total. The second kappa shape index (κ2) is 6.18. The van der Waals surface area contributed by atoms with Gasteiger partial charge in [-0.15, -0.1) is 0 Å². The summed E-state index contributed by atoms with van der Waals surface area (Å²) in [5.41, 5.74) is 6.37. The molecule has 19 heavy (non-hydrogen) atoms. The predicted octanol–water partition coefficient (Wildman–Crippen LogP) is 2.59. The zero-order valence-corrected chi connectivity index (χ0v) is 12.0. The number of morpholine rings is 1. The molecular weight excluding hydrogens is 267 g/mol. The van der Waals surface area contributed by atoms with Gasteiger partial charge >= 0.3 is 0 Å². The Bertz CT molecular complexity index is 423. The van der Waals surface area contributed by atoms with E-state index in [-0.39, 0.29) is 24.0 Å². The summed E-state index contributed by atoms with van der Waals surface area (Å²) >= 11 is 6.15. The van der Waals surface area contributed by atoms with Crippen molar-refractivity contribution in [3.8, 4) is 0 Å². The molecule has 3 unspecified atom stereocenters. The van der Waals surface area contributed by atoms with E-state index in [4.69, 9.17) is 22.1 Å². The molecule has 0 spiro atoms. The van der Waals surface area contributed by atoms with Crippen LogP contribution in [0.4, 0.5) is 4.39 Å². The van der Waals surface area contributed by atoms with Gasteiger partial charge in [-0.3, -0.25) is 4.90 Å². The summed E-state index contributed by atoms with van der Waals surface area (Å²) in [6, 6.07) is 4.73. The van der Waals surface area contributed by atoms with Crippen LogP contribution in [0.1, 0.15) is 25.5 Å². The molecule has 3 atom stereocenters. The summed E-state index contributed by atoms with van der Waals surface area (Å²) in [4.78, 5) is 2.18. The predicted molar refractivity (Wildman–Crippen MR) is 74.8 cm³/mol. The topological polar surface area (TPSA) is 38.5 Å². The molecule has 0 radical (unpaired) electrons. The van der Waals surface area contributed by atoms with Crippen LogP contribution in [0.2, 0.25) is 5.02 Å². The zero-order valence-electron chi connectivity index (χ0n) is 11.3. The molecule has 3 nitrogen and oxygen atoms in total. The third-order valence-electron chi connectivity index (χ3n) is 3.61. The van der Waals surface area contributed by atoms with Crippen molar-refractivity contribution in [2.45, 2.75) is 32.0 Å². The highest BCUT2D eigenvalue weighted by Crippen LogP contribution is 2.32. The van der Waals surface area contributed by atoms with Crippen LogP contribution in [0.15, 0.2) is 18.2 Å². The van der Waals surface area contributed by atoms with Gasteiger partial charge in [0.15, 0.2) is 0 Å². The minimum atomic E-state index is -0.297. The highest BCUT2D eigenvalue weighted by atomic mass is 35.5. The van der Waals surface area contributed by atoms with Crippen LogP contribution in [0.25, 0.3) is 0 Å². The van der Waals surface area contributed by atoms with Crippen LogP contribution in [-0.2, 0) is 4.74 Å². The SMILES string of the molecule is CC1CN(C(CN)c2c(F)cccc2Cl)C(C)CO1. The highest BCUT2D eigenvalue weighted by molar-refractivity contribution is 6.31. The van der Waals surface area contributed by atoms with E-state index < -0.39 is 0 Å². The van der Waals surface area contributed by atoms with Crippen molar-refractivity contribution in [1.29, 1.82) is 0 Å². The molecule has 0 amide bonds. The van der Waals surface area contributed by atoms with E-state index in [0.717, 1.165) is 6.54 Å². The van der Waals surface area contributed by atoms with Crippen LogP contribution in [0.3, 0.4) is 0 Å². The van der Waals surface area contributed by atoms with E-state index >= 15 is 0 Å². The molecule has 1 heterocycles. The second-order valence-electron chi connectivity index (χ2n) is 5.08. The second-order valence-corrected chi connectivity index (χ2v) is 5.48. The van der Waals surface area contributed by atoms with Gasteiger partial charge < -0.3 is 10.5 Å². The summed E-state index contributed by atoms with van der Waals surface area (Å²) in [5, 5.41) is 0.432. The van der Waals surface area contributed by atoms with Gasteiger partial charge in [0.25, 0.3) is 0 Å². The number of nitrogens with zero attached hydrogens (tertiary/aromatic N) is 1. The van der Waals surface area contributed by atoms with Crippen molar-refractivity contribution in [1.82, 2.24) is 4.90 Å². The molecule has 2 rings (SSSR count). The van der Waals surface area contributed by atoms with Gasteiger partial charge in [0, 0.05) is 29.7 Å². The van der Waals surface area contributed by atoms with E-state index in [0.29, 0.717) is 23.7 Å². The molecule has 1 aromatic rings. The Hall–Kier alpha value is -0.680. The van der Waals surface area contributed by atoms with E-state index in [1.165, 1.54) is 6.07 Å². The van der Waals surface area contributed by atoms with Gasteiger partial charge in [0.05, 0.1) is 18.8 Å². The number of nitrogens with two attached hydrogens (primary N) is 1. The van der Waals surface area contributed by atoms with E-state index in [1.807, 2.05) is 6.92 Å². The summed E-state index contributed by atoms with van der Waals surface area (Å²) < 4.78 is 19.7. The summed E-state index contributed by atoms with van der Waals surface area (Å²) in [6.45, 7) is 5.76. The fourth-order valence-electron chi connectivity index (χ4n) is 2.61. The molecule has 1 aromatic carbocycles. The molecule has 0 aliphatic carbocycles. The lowest BCUT2D eigenvalue weighted by Gasteiger charge is -2.42. The van der Waals surface area contributed by atoms with Gasteiger partial charge in [-0.1, -0.05) is 17.7 Å². The number of halogens is 2. The van der Waals surface area contributed by atoms with Crippen molar-refractivity contribution < 1.29 is 9.13 Å². The molecule has 0 aromatic heterocycles. The van der Waals surface area contributed by atoms with Crippen molar-refractivity contribution in [2.24, 2.45) is 5.73 Å². The quantitative estimate of drug-likeness (QED) is 0.928. The highest BCUT2D eigenvalue weighted by Gasteiger charge is 2.32. The first-order valence-corrected chi connectivity index (χ1v) is 6.93. The van der Waals surface area contributed by atoms with Crippen LogP contribution in [-0.4, -0.2) is 36.7 Å². The molecule has 106 valence electrons. The first-order chi connectivity index (χ1) is 9.04. The van der Waals surface area contributed by atoms with E-state index in [9.17, 15) is 4.39 Å².